The average Bonchev–Trinajstić information content (AvgIpc) is 3.25. The van der Waals surface area contributed by atoms with Crippen molar-refractivity contribution in [2.45, 2.75) is 26.2 Å². The molecule has 3 aromatic rings. The van der Waals surface area contributed by atoms with Crippen LogP contribution in [-0.2, 0) is 6.42 Å². The zero-order valence-electron chi connectivity index (χ0n) is 16.2. The molecular weight excluding hydrogens is 368 g/mol. The summed E-state index contributed by atoms with van der Waals surface area (Å²) >= 11 is 0. The van der Waals surface area contributed by atoms with Crippen LogP contribution in [0, 0.1) is 0 Å². The van der Waals surface area contributed by atoms with Gasteiger partial charge in [0.05, 0.1) is 16.8 Å². The fourth-order valence-electron chi connectivity index (χ4n) is 3.47. The Morgan fingerprint density at radius 3 is 2.72 bits per heavy atom. The molecular formula is C22H22N4O3. The molecule has 0 bridgehead atoms. The summed E-state index contributed by atoms with van der Waals surface area (Å²) in [7, 11) is 0. The average molecular weight is 390 g/mol. The molecule has 0 aliphatic carbocycles. The predicted octanol–water partition coefficient (Wildman–Crippen LogP) is 2.70. The van der Waals surface area contributed by atoms with E-state index in [1.807, 2.05) is 41.9 Å². The number of unbranched alkanes of at least 4 members (excludes halogenated alkanes) is 1. The fraction of sp³-hybridized carbons (Fsp3) is 0.273. The highest BCUT2D eigenvalue weighted by Gasteiger charge is 2.35. The van der Waals surface area contributed by atoms with Gasteiger partial charge < -0.3 is 9.72 Å². The van der Waals surface area contributed by atoms with Crippen molar-refractivity contribution < 1.29 is 14.4 Å². The molecule has 0 atom stereocenters. The molecule has 2 aromatic heterocycles. The molecule has 1 aromatic carbocycles. The van der Waals surface area contributed by atoms with Gasteiger partial charge in [0, 0.05) is 37.5 Å². The minimum Gasteiger partial charge on any atom is -0.352 e. The van der Waals surface area contributed by atoms with Crippen LogP contribution in [0.4, 0.5) is 0 Å². The van der Waals surface area contributed by atoms with Gasteiger partial charge in [-0.2, -0.15) is 0 Å². The van der Waals surface area contributed by atoms with Gasteiger partial charge in [-0.25, -0.2) is 4.98 Å². The fourth-order valence-corrected chi connectivity index (χ4v) is 3.47. The van der Waals surface area contributed by atoms with Crippen LogP contribution in [0.5, 0.6) is 0 Å². The van der Waals surface area contributed by atoms with E-state index in [2.05, 4.69) is 10.3 Å². The quantitative estimate of drug-likeness (QED) is 0.629. The highest BCUT2D eigenvalue weighted by atomic mass is 16.2. The number of pyridine rings is 1. The van der Waals surface area contributed by atoms with Crippen LogP contribution in [0.15, 0.2) is 48.8 Å². The van der Waals surface area contributed by atoms with E-state index < -0.39 is 0 Å². The molecule has 7 nitrogen and oxygen atoms in total. The monoisotopic (exact) mass is 390 g/mol. The first kappa shape index (κ1) is 18.9. The highest BCUT2D eigenvalue weighted by Crippen LogP contribution is 2.24. The molecule has 1 aliphatic rings. The van der Waals surface area contributed by atoms with Gasteiger partial charge in [-0.1, -0.05) is 19.4 Å². The molecule has 1 N–H and O–H groups in total. The van der Waals surface area contributed by atoms with Crippen molar-refractivity contribution in [2.24, 2.45) is 0 Å². The van der Waals surface area contributed by atoms with Gasteiger partial charge in [-0.15, -0.1) is 0 Å². The van der Waals surface area contributed by atoms with Crippen molar-refractivity contribution in [1.82, 2.24) is 19.6 Å². The molecule has 3 amide bonds. The van der Waals surface area contributed by atoms with Crippen LogP contribution in [-0.4, -0.2) is 45.1 Å². The molecule has 0 spiro atoms. The summed E-state index contributed by atoms with van der Waals surface area (Å²) < 4.78 is 1.94. The molecule has 0 unspecified atom stereocenters. The Hall–Kier alpha value is -3.48. The molecule has 148 valence electrons. The van der Waals surface area contributed by atoms with E-state index in [1.54, 1.807) is 12.1 Å². The number of hydrogen-bond acceptors (Lipinski definition) is 4. The first-order valence-corrected chi connectivity index (χ1v) is 9.79. The number of amides is 3. The lowest BCUT2D eigenvalue weighted by Crippen LogP contribution is -2.30. The zero-order valence-corrected chi connectivity index (χ0v) is 16.2. The first-order chi connectivity index (χ1) is 14.1. The minimum absolute atomic E-state index is 0.274. The number of nitrogens with zero attached hydrogens (tertiary/aromatic N) is 3. The Morgan fingerprint density at radius 2 is 1.93 bits per heavy atom. The number of hydrogen-bond donors (Lipinski definition) is 1. The highest BCUT2D eigenvalue weighted by molar-refractivity contribution is 6.22. The van der Waals surface area contributed by atoms with Crippen molar-refractivity contribution >= 4 is 23.4 Å². The van der Waals surface area contributed by atoms with Crippen LogP contribution in [0.25, 0.3) is 5.65 Å². The largest absolute Gasteiger partial charge is 0.352 e. The molecule has 0 fully saturated rings. The maximum atomic E-state index is 12.5. The number of carbonyl (C=O) groups is 3. The molecule has 7 heteroatoms. The standard InChI is InChI=1S/C22H22N4O3/c1-2-3-12-26-21(28)17-8-7-15(13-18(17)22(26)29)20(27)23-10-9-16-14-25-11-5-4-6-19(25)24-16/h4-8,11,13-14H,2-3,9-10,12H2,1H3,(H,23,27). The van der Waals surface area contributed by atoms with E-state index in [1.165, 1.54) is 11.0 Å². The van der Waals surface area contributed by atoms with Crippen molar-refractivity contribution in [3.8, 4) is 0 Å². The summed E-state index contributed by atoms with van der Waals surface area (Å²) in [5, 5.41) is 2.86. The third kappa shape index (κ3) is 3.63. The molecule has 3 heterocycles. The van der Waals surface area contributed by atoms with Crippen LogP contribution >= 0.6 is 0 Å². The van der Waals surface area contributed by atoms with Crippen LogP contribution in [0.1, 0.15) is 56.5 Å². The van der Waals surface area contributed by atoms with Crippen molar-refractivity contribution in [3.63, 3.8) is 0 Å². The van der Waals surface area contributed by atoms with E-state index in [-0.39, 0.29) is 17.7 Å². The Morgan fingerprint density at radius 1 is 1.10 bits per heavy atom. The molecule has 4 rings (SSSR count). The van der Waals surface area contributed by atoms with E-state index in [0.29, 0.717) is 36.2 Å². The van der Waals surface area contributed by atoms with Crippen LogP contribution < -0.4 is 5.32 Å². The number of rotatable bonds is 7. The van der Waals surface area contributed by atoms with Crippen molar-refractivity contribution in [2.75, 3.05) is 13.1 Å². The topological polar surface area (TPSA) is 83.8 Å². The molecule has 1 aliphatic heterocycles. The van der Waals surface area contributed by atoms with E-state index in [9.17, 15) is 14.4 Å². The maximum Gasteiger partial charge on any atom is 0.261 e. The number of aromatic nitrogens is 2. The van der Waals surface area contributed by atoms with Gasteiger partial charge in [0.2, 0.25) is 0 Å². The Bertz CT molecular complexity index is 1070. The van der Waals surface area contributed by atoms with Crippen molar-refractivity contribution in [3.05, 3.63) is 71.2 Å². The number of imidazole rings is 1. The summed E-state index contributed by atoms with van der Waals surface area (Å²) in [5.74, 6) is -0.876. The lowest BCUT2D eigenvalue weighted by molar-refractivity contribution is 0.0652. The van der Waals surface area contributed by atoms with E-state index >= 15 is 0 Å². The first-order valence-electron chi connectivity index (χ1n) is 9.79. The molecule has 0 saturated carbocycles. The number of nitrogens with one attached hydrogen (secondary N) is 1. The van der Waals surface area contributed by atoms with Gasteiger partial charge in [-0.05, 0) is 36.8 Å². The Labute approximate surface area is 168 Å². The van der Waals surface area contributed by atoms with E-state index in [0.717, 1.165) is 24.2 Å². The Kier molecular flexibility index (Phi) is 5.12. The summed E-state index contributed by atoms with van der Waals surface area (Å²) in [6, 6.07) is 10.5. The number of benzene rings is 1. The second kappa shape index (κ2) is 7.87. The molecule has 0 saturated heterocycles. The summed E-state index contributed by atoms with van der Waals surface area (Å²) in [5.41, 5.74) is 2.80. The lowest BCUT2D eigenvalue weighted by Gasteiger charge is -2.12. The van der Waals surface area contributed by atoms with Crippen molar-refractivity contribution in [1.29, 1.82) is 0 Å². The maximum absolute atomic E-state index is 12.5. The number of imide groups is 1. The van der Waals surface area contributed by atoms with Gasteiger partial charge in [-0.3, -0.25) is 19.3 Å². The van der Waals surface area contributed by atoms with Crippen LogP contribution in [0.2, 0.25) is 0 Å². The Balaban J connectivity index is 1.40. The second-order valence-corrected chi connectivity index (χ2v) is 7.08. The molecule has 29 heavy (non-hydrogen) atoms. The minimum atomic E-state index is -0.321. The predicted molar refractivity (Wildman–Crippen MR) is 108 cm³/mol. The summed E-state index contributed by atoms with van der Waals surface area (Å²) in [6.45, 7) is 2.84. The van der Waals surface area contributed by atoms with Gasteiger partial charge in [0.1, 0.15) is 5.65 Å². The smallest absolute Gasteiger partial charge is 0.261 e. The second-order valence-electron chi connectivity index (χ2n) is 7.08. The molecule has 0 radical (unpaired) electrons. The third-order valence-corrected chi connectivity index (χ3v) is 5.05. The SMILES string of the molecule is CCCCN1C(=O)c2ccc(C(=O)NCCc3cn4ccccc4n3)cc2C1=O. The zero-order chi connectivity index (χ0) is 20.4. The normalized spacial score (nSPS) is 13.2. The van der Waals surface area contributed by atoms with Gasteiger partial charge in [0.15, 0.2) is 0 Å². The van der Waals surface area contributed by atoms with Crippen LogP contribution in [0.3, 0.4) is 0 Å². The van der Waals surface area contributed by atoms with Gasteiger partial charge >= 0.3 is 0 Å². The number of carbonyl (C=O) groups excluding carboxylic acids is 3. The lowest BCUT2D eigenvalue weighted by atomic mass is 10.1. The number of fused-ring (bicyclic) bond motifs is 2. The summed E-state index contributed by atoms with van der Waals surface area (Å²) in [6.07, 6.45) is 6.12. The summed E-state index contributed by atoms with van der Waals surface area (Å²) in [4.78, 5) is 43.2. The van der Waals surface area contributed by atoms with Gasteiger partial charge in [0.25, 0.3) is 17.7 Å². The van der Waals surface area contributed by atoms with E-state index in [4.69, 9.17) is 0 Å². The third-order valence-electron chi connectivity index (χ3n) is 5.05.